The average molecular weight is 417 g/mol. The van der Waals surface area contributed by atoms with E-state index in [2.05, 4.69) is 20.5 Å². The molecule has 1 saturated carbocycles. The van der Waals surface area contributed by atoms with Crippen molar-refractivity contribution in [3.63, 3.8) is 0 Å². The minimum Gasteiger partial charge on any atom is -0.444 e. The molecule has 30 heavy (non-hydrogen) atoms. The van der Waals surface area contributed by atoms with Crippen molar-refractivity contribution in [1.82, 2.24) is 15.6 Å². The van der Waals surface area contributed by atoms with Crippen LogP contribution in [0, 0.1) is 0 Å². The van der Waals surface area contributed by atoms with E-state index >= 15 is 0 Å². The molecule has 0 spiro atoms. The highest BCUT2D eigenvalue weighted by Gasteiger charge is 2.36. The van der Waals surface area contributed by atoms with Gasteiger partial charge in [-0.2, -0.15) is 0 Å². The number of piperidine rings is 1. The van der Waals surface area contributed by atoms with Gasteiger partial charge in [-0.05, 0) is 65.0 Å². The molecule has 1 saturated heterocycles. The summed E-state index contributed by atoms with van der Waals surface area (Å²) in [5.74, 6) is 0.618. The predicted molar refractivity (Wildman–Crippen MR) is 118 cm³/mol. The van der Waals surface area contributed by atoms with Crippen molar-refractivity contribution >= 4 is 17.8 Å². The zero-order valence-corrected chi connectivity index (χ0v) is 18.6. The maximum absolute atomic E-state index is 13.1. The third-order valence-electron chi connectivity index (χ3n) is 5.85. The van der Waals surface area contributed by atoms with Crippen molar-refractivity contribution in [2.24, 2.45) is 0 Å². The zero-order valence-electron chi connectivity index (χ0n) is 18.6. The van der Waals surface area contributed by atoms with Crippen molar-refractivity contribution in [1.29, 1.82) is 0 Å². The van der Waals surface area contributed by atoms with E-state index in [1.807, 2.05) is 26.8 Å². The smallest absolute Gasteiger partial charge is 0.408 e. The fourth-order valence-corrected chi connectivity index (χ4v) is 4.37. The van der Waals surface area contributed by atoms with Crippen molar-refractivity contribution in [3.8, 4) is 0 Å². The fourth-order valence-electron chi connectivity index (χ4n) is 4.37. The van der Waals surface area contributed by atoms with E-state index in [0.29, 0.717) is 12.1 Å². The number of nitrogens with one attached hydrogen (secondary N) is 2. The molecule has 2 amide bonds. The first-order valence-corrected chi connectivity index (χ1v) is 11.3. The number of hydrogen-bond donors (Lipinski definition) is 2. The second-order valence-electron chi connectivity index (χ2n) is 9.57. The minimum atomic E-state index is -0.553. The van der Waals surface area contributed by atoms with Gasteiger partial charge in [-0.15, -0.1) is 0 Å². The number of aromatic nitrogens is 1. The SMILES string of the molecule is CC(C)(C)OC(=O)NC1(CNC(=O)c2cccnc2N2CCCCC2)CCCCC1. The molecule has 0 atom stereocenters. The number of pyridine rings is 1. The van der Waals surface area contributed by atoms with Gasteiger partial charge in [0.25, 0.3) is 5.91 Å². The standard InChI is InChI=1S/C23H36N4O3/c1-22(2,3)30-21(29)26-23(12-6-4-7-13-23)17-25-20(28)18-11-10-14-24-19(18)27-15-8-5-9-16-27/h10-11,14H,4-9,12-13,15-17H2,1-3H3,(H,25,28)(H,26,29). The minimum absolute atomic E-state index is 0.139. The van der Waals surface area contributed by atoms with Crippen LogP contribution in [0.3, 0.4) is 0 Å². The molecule has 2 fully saturated rings. The molecule has 3 rings (SSSR count). The summed E-state index contributed by atoms with van der Waals surface area (Å²) in [5, 5.41) is 6.15. The molecule has 166 valence electrons. The Kier molecular flexibility index (Phi) is 7.21. The van der Waals surface area contributed by atoms with E-state index in [4.69, 9.17) is 4.74 Å². The van der Waals surface area contributed by atoms with Crippen LogP contribution in [0.1, 0.15) is 82.5 Å². The van der Waals surface area contributed by atoms with Gasteiger partial charge in [-0.1, -0.05) is 19.3 Å². The summed E-state index contributed by atoms with van der Waals surface area (Å²) in [6.07, 6.45) is 9.66. The number of alkyl carbamates (subject to hydrolysis) is 1. The quantitative estimate of drug-likeness (QED) is 0.757. The monoisotopic (exact) mass is 416 g/mol. The lowest BCUT2D eigenvalue weighted by Crippen LogP contribution is -2.57. The molecule has 7 nitrogen and oxygen atoms in total. The summed E-state index contributed by atoms with van der Waals surface area (Å²) in [6.45, 7) is 7.81. The second kappa shape index (κ2) is 9.67. The number of amides is 2. The highest BCUT2D eigenvalue weighted by molar-refractivity contribution is 5.99. The second-order valence-corrected chi connectivity index (χ2v) is 9.57. The normalized spacial score (nSPS) is 19.1. The van der Waals surface area contributed by atoms with Crippen molar-refractivity contribution < 1.29 is 14.3 Å². The van der Waals surface area contributed by atoms with Crippen LogP contribution in [-0.2, 0) is 4.74 Å². The van der Waals surface area contributed by atoms with E-state index in [-0.39, 0.29) is 5.91 Å². The predicted octanol–water partition coefficient (Wildman–Crippen LogP) is 4.03. The fraction of sp³-hybridized carbons (Fsp3) is 0.696. The Balaban J connectivity index is 1.68. The van der Waals surface area contributed by atoms with Crippen LogP contribution in [0.5, 0.6) is 0 Å². The van der Waals surface area contributed by atoms with Gasteiger partial charge in [0.05, 0.1) is 11.1 Å². The molecule has 0 unspecified atom stereocenters. The summed E-state index contributed by atoms with van der Waals surface area (Å²) in [4.78, 5) is 32.2. The number of rotatable bonds is 5. The number of ether oxygens (including phenoxy) is 1. The molecule has 0 radical (unpaired) electrons. The molecule has 2 N–H and O–H groups in total. The molecule has 7 heteroatoms. The lowest BCUT2D eigenvalue weighted by Gasteiger charge is -2.38. The third-order valence-corrected chi connectivity index (χ3v) is 5.85. The maximum atomic E-state index is 13.1. The van der Waals surface area contributed by atoms with E-state index < -0.39 is 17.2 Å². The summed E-state index contributed by atoms with van der Waals surface area (Å²) in [7, 11) is 0. The Bertz CT molecular complexity index is 732. The summed E-state index contributed by atoms with van der Waals surface area (Å²) in [5.41, 5.74) is -0.422. The molecule has 1 aliphatic heterocycles. The molecule has 2 heterocycles. The molecule has 1 aliphatic carbocycles. The number of anilines is 1. The largest absolute Gasteiger partial charge is 0.444 e. The molecule has 1 aromatic heterocycles. The number of carbonyl (C=O) groups is 2. The van der Waals surface area contributed by atoms with Gasteiger partial charge in [0.2, 0.25) is 0 Å². The molecule has 0 aromatic carbocycles. The topological polar surface area (TPSA) is 83.6 Å². The number of hydrogen-bond acceptors (Lipinski definition) is 5. The first-order chi connectivity index (χ1) is 14.3. The highest BCUT2D eigenvalue weighted by Crippen LogP contribution is 2.29. The van der Waals surface area contributed by atoms with Crippen LogP contribution >= 0.6 is 0 Å². The van der Waals surface area contributed by atoms with Crippen LogP contribution in [-0.4, -0.2) is 47.8 Å². The van der Waals surface area contributed by atoms with Crippen LogP contribution in [0.15, 0.2) is 18.3 Å². The Hall–Kier alpha value is -2.31. The molecular formula is C23H36N4O3. The van der Waals surface area contributed by atoms with Crippen LogP contribution in [0.25, 0.3) is 0 Å². The van der Waals surface area contributed by atoms with E-state index in [9.17, 15) is 9.59 Å². The van der Waals surface area contributed by atoms with Crippen LogP contribution in [0.2, 0.25) is 0 Å². The summed E-state index contributed by atoms with van der Waals surface area (Å²) >= 11 is 0. The molecule has 2 aliphatic rings. The van der Waals surface area contributed by atoms with E-state index in [0.717, 1.165) is 63.9 Å². The van der Waals surface area contributed by atoms with Gasteiger partial charge in [0.1, 0.15) is 11.4 Å². The highest BCUT2D eigenvalue weighted by atomic mass is 16.6. The first-order valence-electron chi connectivity index (χ1n) is 11.3. The first kappa shape index (κ1) is 22.4. The molecule has 1 aromatic rings. The lowest BCUT2D eigenvalue weighted by atomic mass is 9.81. The zero-order chi connectivity index (χ0) is 21.6. The Morgan fingerprint density at radius 1 is 1.10 bits per heavy atom. The Morgan fingerprint density at radius 3 is 2.43 bits per heavy atom. The van der Waals surface area contributed by atoms with Crippen LogP contribution < -0.4 is 15.5 Å². The van der Waals surface area contributed by atoms with Gasteiger partial charge >= 0.3 is 6.09 Å². The average Bonchev–Trinajstić information content (AvgIpc) is 2.72. The molecular weight excluding hydrogens is 380 g/mol. The van der Waals surface area contributed by atoms with Crippen molar-refractivity contribution in [2.45, 2.75) is 83.3 Å². The Labute approximate surface area is 180 Å². The third kappa shape index (κ3) is 6.09. The Morgan fingerprint density at radius 2 is 1.77 bits per heavy atom. The van der Waals surface area contributed by atoms with Gasteiger partial charge < -0.3 is 20.3 Å². The van der Waals surface area contributed by atoms with E-state index in [1.165, 1.54) is 6.42 Å². The van der Waals surface area contributed by atoms with Gasteiger partial charge in [0.15, 0.2) is 0 Å². The van der Waals surface area contributed by atoms with Gasteiger partial charge in [-0.25, -0.2) is 9.78 Å². The van der Waals surface area contributed by atoms with Crippen molar-refractivity contribution in [3.05, 3.63) is 23.9 Å². The maximum Gasteiger partial charge on any atom is 0.408 e. The summed E-state index contributed by atoms with van der Waals surface area (Å²) in [6, 6.07) is 3.64. The number of carbonyl (C=O) groups excluding carboxylic acids is 2. The van der Waals surface area contributed by atoms with Gasteiger partial charge in [-0.3, -0.25) is 4.79 Å². The van der Waals surface area contributed by atoms with E-state index in [1.54, 1.807) is 12.3 Å². The molecule has 0 bridgehead atoms. The lowest BCUT2D eigenvalue weighted by molar-refractivity contribution is 0.0419. The number of nitrogens with zero attached hydrogens (tertiary/aromatic N) is 2. The summed E-state index contributed by atoms with van der Waals surface area (Å²) < 4.78 is 5.48. The van der Waals surface area contributed by atoms with Crippen molar-refractivity contribution in [2.75, 3.05) is 24.5 Å². The van der Waals surface area contributed by atoms with Crippen LogP contribution in [0.4, 0.5) is 10.6 Å². The van der Waals surface area contributed by atoms with Gasteiger partial charge in [0, 0.05) is 25.8 Å².